The molecule has 0 saturated heterocycles. The van der Waals surface area contributed by atoms with Gasteiger partial charge in [0, 0.05) is 30.2 Å². The zero-order chi connectivity index (χ0) is 12.1. The van der Waals surface area contributed by atoms with Crippen LogP contribution in [0.25, 0.3) is 0 Å². The smallest absolute Gasteiger partial charge is 0.136 e. The van der Waals surface area contributed by atoms with E-state index >= 15 is 0 Å². The summed E-state index contributed by atoms with van der Waals surface area (Å²) in [5, 5.41) is 5.23. The third-order valence-corrected chi connectivity index (χ3v) is 3.33. The first-order valence-electron chi connectivity index (χ1n) is 5.48. The van der Waals surface area contributed by atoms with Gasteiger partial charge in [-0.05, 0) is 18.5 Å². The maximum atomic E-state index is 4.36. The minimum atomic E-state index is 0.783. The van der Waals surface area contributed by atoms with Crippen molar-refractivity contribution in [2.45, 2.75) is 13.1 Å². The molecule has 1 N–H and O–H groups in total. The normalized spacial score (nSPS) is 10.5. The van der Waals surface area contributed by atoms with Crippen molar-refractivity contribution in [2.75, 3.05) is 19.0 Å². The molecular weight excluding hydrogens is 232 g/mol. The number of rotatable bonds is 5. The molecule has 90 valence electrons. The van der Waals surface area contributed by atoms with Gasteiger partial charge in [-0.25, -0.2) is 9.97 Å². The second-order valence-corrected chi connectivity index (χ2v) is 4.87. The van der Waals surface area contributed by atoms with Crippen LogP contribution in [0.3, 0.4) is 0 Å². The molecule has 0 aliphatic carbocycles. The fourth-order valence-corrected chi connectivity index (χ4v) is 2.48. The second-order valence-electron chi connectivity index (χ2n) is 3.84. The lowest BCUT2D eigenvalue weighted by Gasteiger charge is -2.19. The van der Waals surface area contributed by atoms with Crippen LogP contribution in [0.4, 0.5) is 5.82 Å². The molecule has 0 bridgehead atoms. The Kier molecular flexibility index (Phi) is 4.06. The van der Waals surface area contributed by atoms with E-state index in [9.17, 15) is 0 Å². The van der Waals surface area contributed by atoms with Crippen LogP contribution in [0.5, 0.6) is 0 Å². The Labute approximate surface area is 105 Å². The molecule has 0 spiro atoms. The first-order chi connectivity index (χ1) is 8.31. The number of nitrogens with zero attached hydrogens (tertiary/aromatic N) is 3. The van der Waals surface area contributed by atoms with Gasteiger partial charge in [0.05, 0.1) is 6.54 Å². The van der Waals surface area contributed by atoms with Crippen LogP contribution in [-0.2, 0) is 13.1 Å². The van der Waals surface area contributed by atoms with Crippen molar-refractivity contribution >= 4 is 17.2 Å². The van der Waals surface area contributed by atoms with Gasteiger partial charge in [-0.15, -0.1) is 11.3 Å². The molecule has 17 heavy (non-hydrogen) atoms. The maximum absolute atomic E-state index is 4.36. The highest BCUT2D eigenvalue weighted by Gasteiger charge is 2.09. The third-order valence-electron chi connectivity index (χ3n) is 2.47. The number of aromatic nitrogens is 2. The number of thiophene rings is 1. The van der Waals surface area contributed by atoms with E-state index in [0.717, 1.165) is 24.5 Å². The van der Waals surface area contributed by atoms with Gasteiger partial charge < -0.3 is 10.2 Å². The van der Waals surface area contributed by atoms with Crippen molar-refractivity contribution in [3.63, 3.8) is 0 Å². The lowest BCUT2D eigenvalue weighted by molar-refractivity contribution is 0.789. The monoisotopic (exact) mass is 248 g/mol. The Hall–Kier alpha value is -1.46. The number of hydrogen-bond donors (Lipinski definition) is 1. The summed E-state index contributed by atoms with van der Waals surface area (Å²) in [6.45, 7) is 1.66. The predicted molar refractivity (Wildman–Crippen MR) is 71.2 cm³/mol. The van der Waals surface area contributed by atoms with Crippen molar-refractivity contribution in [1.29, 1.82) is 0 Å². The van der Waals surface area contributed by atoms with Gasteiger partial charge >= 0.3 is 0 Å². The molecule has 0 unspecified atom stereocenters. The first kappa shape index (κ1) is 12.0. The SMILES string of the molecule is CNCc1cncnc1N(C)Cc1cccs1. The predicted octanol–water partition coefficient (Wildman–Crippen LogP) is 1.89. The van der Waals surface area contributed by atoms with E-state index in [2.05, 4.69) is 44.7 Å². The summed E-state index contributed by atoms with van der Waals surface area (Å²) in [5.74, 6) is 0.989. The summed E-state index contributed by atoms with van der Waals surface area (Å²) in [6.07, 6.45) is 3.46. The van der Waals surface area contributed by atoms with Gasteiger partial charge in [0.2, 0.25) is 0 Å². The van der Waals surface area contributed by atoms with Crippen LogP contribution in [0.1, 0.15) is 10.4 Å². The second kappa shape index (κ2) is 5.75. The Morgan fingerprint density at radius 2 is 2.35 bits per heavy atom. The van der Waals surface area contributed by atoms with Crippen LogP contribution < -0.4 is 10.2 Å². The Balaban J connectivity index is 2.15. The van der Waals surface area contributed by atoms with E-state index in [-0.39, 0.29) is 0 Å². The van der Waals surface area contributed by atoms with E-state index in [1.165, 1.54) is 4.88 Å². The van der Waals surface area contributed by atoms with Gasteiger partial charge in [-0.3, -0.25) is 0 Å². The lowest BCUT2D eigenvalue weighted by Crippen LogP contribution is -2.20. The standard InChI is InChI=1S/C12H16N4S/c1-13-6-10-7-14-9-15-12(10)16(2)8-11-4-3-5-17-11/h3-5,7,9,13H,6,8H2,1-2H3. The van der Waals surface area contributed by atoms with E-state index < -0.39 is 0 Å². The van der Waals surface area contributed by atoms with Gasteiger partial charge in [-0.1, -0.05) is 6.07 Å². The molecule has 0 aliphatic heterocycles. The van der Waals surface area contributed by atoms with Gasteiger partial charge in [0.1, 0.15) is 12.1 Å². The molecule has 0 radical (unpaired) electrons. The van der Waals surface area contributed by atoms with Crippen LogP contribution in [0, 0.1) is 0 Å². The summed E-state index contributed by atoms with van der Waals surface area (Å²) in [4.78, 5) is 11.9. The number of hydrogen-bond acceptors (Lipinski definition) is 5. The summed E-state index contributed by atoms with van der Waals surface area (Å²) in [5.41, 5.74) is 1.12. The van der Waals surface area contributed by atoms with Crippen molar-refractivity contribution in [3.8, 4) is 0 Å². The molecule has 5 heteroatoms. The van der Waals surface area contributed by atoms with Crippen LogP contribution >= 0.6 is 11.3 Å². The largest absolute Gasteiger partial charge is 0.354 e. The third kappa shape index (κ3) is 3.01. The van der Waals surface area contributed by atoms with Gasteiger partial charge in [0.15, 0.2) is 0 Å². The average molecular weight is 248 g/mol. The van der Waals surface area contributed by atoms with E-state index in [1.807, 2.05) is 13.2 Å². The minimum Gasteiger partial charge on any atom is -0.354 e. The topological polar surface area (TPSA) is 41.1 Å². The molecule has 4 nitrogen and oxygen atoms in total. The minimum absolute atomic E-state index is 0.783. The molecule has 0 aliphatic rings. The van der Waals surface area contributed by atoms with Crippen molar-refractivity contribution < 1.29 is 0 Å². The fraction of sp³-hybridized carbons (Fsp3) is 0.333. The molecule has 0 aromatic carbocycles. The van der Waals surface area contributed by atoms with Gasteiger partial charge in [-0.2, -0.15) is 0 Å². The Morgan fingerprint density at radius 3 is 3.06 bits per heavy atom. The molecule has 2 aromatic heterocycles. The molecule has 0 atom stereocenters. The highest BCUT2D eigenvalue weighted by molar-refractivity contribution is 7.09. The summed E-state index contributed by atoms with van der Waals surface area (Å²) in [7, 11) is 3.98. The zero-order valence-electron chi connectivity index (χ0n) is 10.1. The molecule has 2 rings (SSSR count). The number of nitrogens with one attached hydrogen (secondary N) is 1. The molecule has 0 amide bonds. The lowest BCUT2D eigenvalue weighted by atomic mass is 10.3. The zero-order valence-corrected chi connectivity index (χ0v) is 10.9. The fourth-order valence-electron chi connectivity index (χ4n) is 1.72. The van der Waals surface area contributed by atoms with E-state index in [0.29, 0.717) is 0 Å². The number of anilines is 1. The quantitative estimate of drug-likeness (QED) is 0.877. The first-order valence-corrected chi connectivity index (χ1v) is 6.36. The highest BCUT2D eigenvalue weighted by Crippen LogP contribution is 2.18. The van der Waals surface area contributed by atoms with Gasteiger partial charge in [0.25, 0.3) is 0 Å². The van der Waals surface area contributed by atoms with Crippen LogP contribution in [-0.4, -0.2) is 24.1 Å². The van der Waals surface area contributed by atoms with Crippen LogP contribution in [0.2, 0.25) is 0 Å². The van der Waals surface area contributed by atoms with E-state index in [4.69, 9.17) is 0 Å². The molecule has 2 aromatic rings. The molecule has 2 heterocycles. The Bertz CT molecular complexity index is 455. The summed E-state index contributed by atoms with van der Waals surface area (Å²) in [6, 6.07) is 4.21. The maximum Gasteiger partial charge on any atom is 0.136 e. The van der Waals surface area contributed by atoms with Crippen molar-refractivity contribution in [2.24, 2.45) is 0 Å². The van der Waals surface area contributed by atoms with Crippen molar-refractivity contribution in [1.82, 2.24) is 15.3 Å². The Morgan fingerprint density at radius 1 is 1.47 bits per heavy atom. The highest BCUT2D eigenvalue weighted by atomic mass is 32.1. The summed E-state index contributed by atoms with van der Waals surface area (Å²) < 4.78 is 0. The summed E-state index contributed by atoms with van der Waals surface area (Å²) >= 11 is 1.76. The molecular formula is C12H16N4S. The molecule has 0 saturated carbocycles. The average Bonchev–Trinajstić information content (AvgIpc) is 2.83. The molecule has 0 fully saturated rings. The van der Waals surface area contributed by atoms with E-state index in [1.54, 1.807) is 17.7 Å². The van der Waals surface area contributed by atoms with Crippen LogP contribution in [0.15, 0.2) is 30.0 Å². The van der Waals surface area contributed by atoms with Crippen molar-refractivity contribution in [3.05, 3.63) is 40.5 Å².